The molecule has 0 aromatic heterocycles. The molecule has 0 atom stereocenters. The zero-order valence-electron chi connectivity index (χ0n) is 10.6. The van der Waals surface area contributed by atoms with Gasteiger partial charge < -0.3 is 4.90 Å². The minimum atomic E-state index is 0. The maximum atomic E-state index is 2.47. The van der Waals surface area contributed by atoms with Crippen LogP contribution in [0.2, 0.25) is 0 Å². The third-order valence-electron chi connectivity index (χ3n) is 2.35. The number of benzene rings is 1. The van der Waals surface area contributed by atoms with Gasteiger partial charge in [-0.2, -0.15) is 0 Å². The van der Waals surface area contributed by atoms with E-state index >= 15 is 0 Å². The van der Waals surface area contributed by atoms with E-state index in [4.69, 9.17) is 0 Å². The monoisotopic (exact) mass is 198 g/mol. The van der Waals surface area contributed by atoms with Gasteiger partial charge in [0.25, 0.3) is 0 Å². The Morgan fingerprint density at radius 2 is 1.67 bits per heavy atom. The van der Waals surface area contributed by atoms with Crippen molar-refractivity contribution in [3.05, 3.63) is 29.8 Å². The second kappa shape index (κ2) is 7.85. The molecule has 15 heavy (non-hydrogen) atoms. The van der Waals surface area contributed by atoms with E-state index in [2.05, 4.69) is 49.9 Å². The molecule has 1 rings (SSSR count). The van der Waals surface area contributed by atoms with Gasteiger partial charge in [-0.15, -0.1) is 0 Å². The van der Waals surface area contributed by atoms with Crippen molar-refractivity contribution in [3.63, 3.8) is 0 Å². The maximum absolute atomic E-state index is 2.47. The van der Waals surface area contributed by atoms with Gasteiger partial charge in [0.05, 0.1) is 0 Å². The second-order valence-corrected chi connectivity index (χ2v) is 3.83. The molecule has 0 saturated carbocycles. The van der Waals surface area contributed by atoms with E-state index in [1.165, 1.54) is 24.1 Å². The van der Waals surface area contributed by atoms with E-state index < -0.39 is 0 Å². The summed E-state index contributed by atoms with van der Waals surface area (Å²) in [4.78, 5) is 2.47. The van der Waals surface area contributed by atoms with Crippen molar-refractivity contribution < 1.29 is 0 Å². The summed E-state index contributed by atoms with van der Waals surface area (Å²) >= 11 is 0. The number of hydrogen-bond donors (Lipinski definition) is 0. The summed E-state index contributed by atoms with van der Waals surface area (Å²) in [6.07, 6.45) is 2.43. The Morgan fingerprint density at radius 3 is 2.13 bits per heavy atom. The maximum Gasteiger partial charge on any atom is 0.0368 e. The topological polar surface area (TPSA) is 3.24 Å². The molecule has 1 nitrogen and oxygen atoms in total. The fourth-order valence-corrected chi connectivity index (χ4v) is 1.73. The van der Waals surface area contributed by atoms with Crippen molar-refractivity contribution in [1.82, 2.24) is 0 Å². The fraction of sp³-hybridized carbons (Fsp3) is 0.538. The van der Waals surface area contributed by atoms with Crippen molar-refractivity contribution in [3.8, 4) is 0 Å². The average Bonchev–Trinajstić information content (AvgIpc) is 2.17. The molecule has 0 saturated heterocycles. The van der Waals surface area contributed by atoms with E-state index in [-0.39, 0.29) is 18.9 Å². The third-order valence-corrected chi connectivity index (χ3v) is 2.35. The summed E-state index contributed by atoms with van der Waals surface area (Å²) in [5.41, 5.74) is 2.72. The molecule has 0 bridgehead atoms. The Morgan fingerprint density at radius 1 is 1.07 bits per heavy atom. The molecule has 79 valence electrons. The predicted octanol–water partition coefficient (Wildman–Crippen LogP) is 3.24. The predicted molar refractivity (Wildman–Crippen MR) is 69.7 cm³/mol. The first-order valence-electron chi connectivity index (χ1n) is 5.59. The molecule has 0 fully saturated rings. The Hall–Kier alpha value is -0.383. The SMILES string of the molecule is CCCN(CCC)c1cccc(C)c1.[Li]. The van der Waals surface area contributed by atoms with Crippen LogP contribution < -0.4 is 4.90 Å². The molecule has 2 heteroatoms. The molecule has 0 spiro atoms. The van der Waals surface area contributed by atoms with Crippen molar-refractivity contribution in [2.24, 2.45) is 0 Å². The fourth-order valence-electron chi connectivity index (χ4n) is 1.73. The first-order valence-corrected chi connectivity index (χ1v) is 5.59. The molecule has 1 aromatic rings. The van der Waals surface area contributed by atoms with Crippen LogP contribution in [0.4, 0.5) is 5.69 Å². The van der Waals surface area contributed by atoms with Crippen LogP contribution in [-0.2, 0) is 0 Å². The molecule has 0 aliphatic rings. The van der Waals surface area contributed by atoms with Crippen molar-refractivity contribution >= 4 is 24.5 Å². The standard InChI is InChI=1S/C13H21N.Li/c1-4-9-14(10-5-2)13-8-6-7-12(3)11-13;/h6-8,11H,4-5,9-10H2,1-3H3;. The molecule has 0 amide bonds. The first kappa shape index (κ1) is 14.6. The molecule has 1 radical (unpaired) electrons. The number of aryl methyl sites for hydroxylation is 1. The Bertz CT molecular complexity index is 267. The second-order valence-electron chi connectivity index (χ2n) is 3.83. The number of anilines is 1. The quantitative estimate of drug-likeness (QED) is 0.656. The number of rotatable bonds is 5. The van der Waals surface area contributed by atoms with Gasteiger partial charge in [-0.05, 0) is 37.5 Å². The van der Waals surface area contributed by atoms with Crippen molar-refractivity contribution in [1.29, 1.82) is 0 Å². The Balaban J connectivity index is 0.00000196. The molecule has 0 aliphatic carbocycles. The van der Waals surface area contributed by atoms with Crippen molar-refractivity contribution in [2.75, 3.05) is 18.0 Å². The van der Waals surface area contributed by atoms with Crippen LogP contribution in [0, 0.1) is 6.92 Å². The van der Waals surface area contributed by atoms with Gasteiger partial charge in [-0.3, -0.25) is 0 Å². The molecule has 0 heterocycles. The molecular weight excluding hydrogens is 177 g/mol. The number of hydrogen-bond acceptors (Lipinski definition) is 1. The van der Waals surface area contributed by atoms with Gasteiger partial charge in [0, 0.05) is 37.6 Å². The normalized spacial score (nSPS) is 9.53. The number of nitrogens with zero attached hydrogens (tertiary/aromatic N) is 1. The zero-order valence-corrected chi connectivity index (χ0v) is 10.6. The van der Waals surface area contributed by atoms with Gasteiger partial charge in [0.15, 0.2) is 0 Å². The average molecular weight is 198 g/mol. The van der Waals surface area contributed by atoms with E-state index in [1.807, 2.05) is 0 Å². The zero-order chi connectivity index (χ0) is 10.4. The summed E-state index contributed by atoms with van der Waals surface area (Å²) in [5, 5.41) is 0. The largest absolute Gasteiger partial charge is 0.372 e. The van der Waals surface area contributed by atoms with Crippen LogP contribution in [0.15, 0.2) is 24.3 Å². The molecule has 0 aliphatic heterocycles. The van der Waals surface area contributed by atoms with E-state index in [1.54, 1.807) is 0 Å². The van der Waals surface area contributed by atoms with Gasteiger partial charge in [-0.1, -0.05) is 26.0 Å². The van der Waals surface area contributed by atoms with E-state index in [0.29, 0.717) is 0 Å². The molecule has 0 N–H and O–H groups in total. The van der Waals surface area contributed by atoms with Crippen LogP contribution in [-0.4, -0.2) is 32.0 Å². The summed E-state index contributed by atoms with van der Waals surface area (Å²) in [6.45, 7) is 8.95. The van der Waals surface area contributed by atoms with Crippen LogP contribution in [0.1, 0.15) is 32.3 Å². The smallest absolute Gasteiger partial charge is 0.0368 e. The molecule has 1 aromatic carbocycles. The van der Waals surface area contributed by atoms with Crippen LogP contribution >= 0.6 is 0 Å². The first-order chi connectivity index (χ1) is 6.77. The third kappa shape index (κ3) is 4.78. The van der Waals surface area contributed by atoms with Gasteiger partial charge in [0.2, 0.25) is 0 Å². The summed E-state index contributed by atoms with van der Waals surface area (Å²) < 4.78 is 0. The Kier molecular flexibility index (Phi) is 7.65. The van der Waals surface area contributed by atoms with E-state index in [0.717, 1.165) is 13.1 Å². The minimum absolute atomic E-state index is 0. The summed E-state index contributed by atoms with van der Waals surface area (Å²) in [6, 6.07) is 8.77. The summed E-state index contributed by atoms with van der Waals surface area (Å²) in [7, 11) is 0. The summed E-state index contributed by atoms with van der Waals surface area (Å²) in [5.74, 6) is 0. The van der Waals surface area contributed by atoms with Crippen LogP contribution in [0.25, 0.3) is 0 Å². The minimum Gasteiger partial charge on any atom is -0.372 e. The van der Waals surface area contributed by atoms with Crippen molar-refractivity contribution in [2.45, 2.75) is 33.6 Å². The van der Waals surface area contributed by atoms with E-state index in [9.17, 15) is 0 Å². The molecule has 0 unspecified atom stereocenters. The van der Waals surface area contributed by atoms with Gasteiger partial charge in [-0.25, -0.2) is 0 Å². The molecular formula is C13H21LiN. The van der Waals surface area contributed by atoms with Gasteiger partial charge in [0.1, 0.15) is 0 Å². The van der Waals surface area contributed by atoms with Gasteiger partial charge >= 0.3 is 0 Å². The Labute approximate surface area is 106 Å². The van der Waals surface area contributed by atoms with Crippen LogP contribution in [0.3, 0.4) is 0 Å². The van der Waals surface area contributed by atoms with Crippen LogP contribution in [0.5, 0.6) is 0 Å².